The van der Waals surface area contributed by atoms with Crippen molar-refractivity contribution in [2.45, 2.75) is 0 Å². The predicted molar refractivity (Wildman–Crippen MR) is 67.3 cm³/mol. The van der Waals surface area contributed by atoms with Crippen LogP contribution in [-0.2, 0) is 0 Å². The molecule has 7 nitrogen and oxygen atoms in total. The van der Waals surface area contributed by atoms with E-state index in [2.05, 4.69) is 15.0 Å². The summed E-state index contributed by atoms with van der Waals surface area (Å²) in [5, 5.41) is 17.3. The van der Waals surface area contributed by atoms with E-state index in [1.165, 1.54) is 6.20 Å². The lowest BCUT2D eigenvalue weighted by molar-refractivity contribution is 0.185. The van der Waals surface area contributed by atoms with Crippen molar-refractivity contribution in [1.29, 1.82) is 5.41 Å². The van der Waals surface area contributed by atoms with E-state index in [4.69, 9.17) is 11.1 Å². The van der Waals surface area contributed by atoms with E-state index in [-0.39, 0.29) is 23.0 Å². The van der Waals surface area contributed by atoms with Gasteiger partial charge in [0, 0.05) is 5.56 Å². The SMILES string of the molecule is N=c1nc(N)c2nc(-c3ccccc3)cn(O)c-2n1. The van der Waals surface area contributed by atoms with Crippen LogP contribution in [0.2, 0.25) is 0 Å². The van der Waals surface area contributed by atoms with E-state index in [1.807, 2.05) is 30.3 Å². The summed E-state index contributed by atoms with van der Waals surface area (Å²) < 4.78 is 0.806. The molecule has 0 atom stereocenters. The fourth-order valence-corrected chi connectivity index (χ4v) is 1.80. The van der Waals surface area contributed by atoms with Crippen LogP contribution in [0.1, 0.15) is 0 Å². The molecule has 3 rings (SSSR count). The van der Waals surface area contributed by atoms with Gasteiger partial charge in [0.15, 0.2) is 11.5 Å². The molecule has 0 aromatic heterocycles. The van der Waals surface area contributed by atoms with Crippen LogP contribution in [0.25, 0.3) is 22.8 Å². The van der Waals surface area contributed by atoms with Gasteiger partial charge < -0.3 is 10.9 Å². The van der Waals surface area contributed by atoms with Crippen LogP contribution < -0.4 is 11.4 Å². The summed E-state index contributed by atoms with van der Waals surface area (Å²) in [5.74, 6) is 0.174. The number of nitrogen functional groups attached to an aromatic ring is 1. The lowest BCUT2D eigenvalue weighted by atomic mass is 10.1. The maximum Gasteiger partial charge on any atom is 0.246 e. The van der Waals surface area contributed by atoms with Gasteiger partial charge in [-0.2, -0.15) is 14.7 Å². The van der Waals surface area contributed by atoms with Crippen LogP contribution in [0, 0.1) is 5.41 Å². The van der Waals surface area contributed by atoms with Gasteiger partial charge in [0.1, 0.15) is 0 Å². The lowest BCUT2D eigenvalue weighted by Gasteiger charge is -2.11. The van der Waals surface area contributed by atoms with Crippen LogP contribution in [0.3, 0.4) is 0 Å². The van der Waals surface area contributed by atoms with Crippen molar-refractivity contribution in [3.05, 3.63) is 42.1 Å². The van der Waals surface area contributed by atoms with Crippen molar-refractivity contribution in [1.82, 2.24) is 19.7 Å². The summed E-state index contributed by atoms with van der Waals surface area (Å²) in [6.45, 7) is 0. The van der Waals surface area contributed by atoms with Crippen molar-refractivity contribution >= 4 is 5.82 Å². The van der Waals surface area contributed by atoms with Gasteiger partial charge in [0.2, 0.25) is 11.4 Å². The number of benzene rings is 1. The Kier molecular flexibility index (Phi) is 2.38. The zero-order valence-electron chi connectivity index (χ0n) is 9.78. The minimum Gasteiger partial charge on any atom is -0.427 e. The molecule has 2 aliphatic rings. The number of aromatic nitrogens is 4. The zero-order valence-corrected chi connectivity index (χ0v) is 9.78. The average Bonchev–Trinajstić information content (AvgIpc) is 2.41. The summed E-state index contributed by atoms with van der Waals surface area (Å²) >= 11 is 0. The van der Waals surface area contributed by atoms with Crippen molar-refractivity contribution < 1.29 is 5.21 Å². The molecular weight excluding hydrogens is 244 g/mol. The Labute approximate surface area is 107 Å². The third kappa shape index (κ3) is 1.86. The normalized spacial score (nSPS) is 10.7. The number of fused-ring (bicyclic) bond motifs is 1. The molecule has 19 heavy (non-hydrogen) atoms. The highest BCUT2D eigenvalue weighted by Gasteiger charge is 2.17. The number of rotatable bonds is 1. The molecule has 0 radical (unpaired) electrons. The fourth-order valence-electron chi connectivity index (χ4n) is 1.80. The third-order valence-corrected chi connectivity index (χ3v) is 2.66. The Morgan fingerprint density at radius 1 is 1.11 bits per heavy atom. The monoisotopic (exact) mass is 254 g/mol. The molecule has 0 unspecified atom stereocenters. The van der Waals surface area contributed by atoms with Crippen molar-refractivity contribution in [2.24, 2.45) is 0 Å². The number of nitrogens with two attached hydrogens (primary N) is 1. The smallest absolute Gasteiger partial charge is 0.246 e. The van der Waals surface area contributed by atoms with Crippen molar-refractivity contribution in [3.8, 4) is 22.8 Å². The zero-order chi connectivity index (χ0) is 13.4. The highest BCUT2D eigenvalue weighted by molar-refractivity contribution is 5.69. The molecule has 0 saturated carbocycles. The standard InChI is InChI=1S/C12H10N6O/c13-10-9-11(17-12(14)16-10)18(19)6-8(15-9)7-4-2-1-3-5-7/h1-6,19H,(H3,13,14,16). The van der Waals surface area contributed by atoms with Gasteiger partial charge >= 0.3 is 0 Å². The molecular formula is C12H10N6O. The summed E-state index contributed by atoms with van der Waals surface area (Å²) in [7, 11) is 0. The van der Waals surface area contributed by atoms with Gasteiger partial charge in [-0.05, 0) is 0 Å². The molecule has 2 aliphatic heterocycles. The Hall–Kier alpha value is -2.96. The molecule has 0 saturated heterocycles. The van der Waals surface area contributed by atoms with Crippen LogP contribution in [0.4, 0.5) is 5.82 Å². The number of nitrogens with one attached hydrogen (secondary N) is 1. The molecule has 2 heterocycles. The molecule has 7 heteroatoms. The first-order valence-corrected chi connectivity index (χ1v) is 5.51. The Balaban J connectivity index is 2.31. The maximum absolute atomic E-state index is 9.91. The number of hydrogen-bond acceptors (Lipinski definition) is 6. The largest absolute Gasteiger partial charge is 0.427 e. The predicted octanol–water partition coefficient (Wildman–Crippen LogP) is 0.744. The minimum absolute atomic E-state index is 0.0654. The van der Waals surface area contributed by atoms with Crippen LogP contribution in [0.5, 0.6) is 0 Å². The van der Waals surface area contributed by atoms with E-state index < -0.39 is 0 Å². The molecule has 1 aromatic rings. The van der Waals surface area contributed by atoms with Crippen LogP contribution in [0.15, 0.2) is 36.5 Å². The fraction of sp³-hybridized carbons (Fsp3) is 0. The van der Waals surface area contributed by atoms with Crippen molar-refractivity contribution in [2.75, 3.05) is 5.73 Å². The highest BCUT2D eigenvalue weighted by Crippen LogP contribution is 2.24. The van der Waals surface area contributed by atoms with Gasteiger partial charge in [-0.25, -0.2) is 4.98 Å². The first-order valence-electron chi connectivity index (χ1n) is 5.51. The van der Waals surface area contributed by atoms with Gasteiger partial charge in [0.05, 0.1) is 11.9 Å². The van der Waals surface area contributed by atoms with E-state index in [1.54, 1.807) is 0 Å². The molecule has 94 valence electrons. The molecule has 0 fully saturated rings. The van der Waals surface area contributed by atoms with Gasteiger partial charge in [-0.1, -0.05) is 30.3 Å². The van der Waals surface area contributed by atoms with Gasteiger partial charge in [0.25, 0.3) is 0 Å². The van der Waals surface area contributed by atoms with Crippen molar-refractivity contribution in [3.63, 3.8) is 0 Å². The second-order valence-electron chi connectivity index (χ2n) is 3.94. The minimum atomic E-state index is -0.262. The Bertz CT molecular complexity index is 767. The maximum atomic E-state index is 9.91. The second kappa shape index (κ2) is 4.05. The summed E-state index contributed by atoms with van der Waals surface area (Å²) in [6.07, 6.45) is 1.42. The first-order chi connectivity index (χ1) is 9.15. The average molecular weight is 254 g/mol. The van der Waals surface area contributed by atoms with E-state index in [9.17, 15) is 5.21 Å². The molecule has 4 N–H and O–H groups in total. The highest BCUT2D eigenvalue weighted by atomic mass is 16.5. The summed E-state index contributed by atoms with van der Waals surface area (Å²) in [6, 6.07) is 9.36. The van der Waals surface area contributed by atoms with Gasteiger partial charge in [-0.3, -0.25) is 5.41 Å². The number of hydrogen-bond donors (Lipinski definition) is 3. The van der Waals surface area contributed by atoms with Crippen LogP contribution in [-0.4, -0.2) is 24.9 Å². The third-order valence-electron chi connectivity index (χ3n) is 2.66. The van der Waals surface area contributed by atoms with E-state index >= 15 is 0 Å². The molecule has 0 amide bonds. The Morgan fingerprint density at radius 3 is 2.58 bits per heavy atom. The number of anilines is 1. The Morgan fingerprint density at radius 2 is 1.84 bits per heavy atom. The molecule has 0 bridgehead atoms. The lowest BCUT2D eigenvalue weighted by Crippen LogP contribution is -2.20. The number of nitrogens with zero attached hydrogens (tertiary/aromatic N) is 4. The summed E-state index contributed by atoms with van der Waals surface area (Å²) in [4.78, 5) is 11.9. The van der Waals surface area contributed by atoms with Crippen LogP contribution >= 0.6 is 0 Å². The molecule has 0 aliphatic carbocycles. The quantitative estimate of drug-likeness (QED) is 0.554. The molecule has 1 aromatic carbocycles. The van der Waals surface area contributed by atoms with E-state index in [0.717, 1.165) is 10.3 Å². The summed E-state index contributed by atoms with van der Waals surface area (Å²) in [5.41, 5.74) is 7.10. The van der Waals surface area contributed by atoms with E-state index in [0.29, 0.717) is 5.69 Å². The first kappa shape index (κ1) is 11.1. The topological polar surface area (TPSA) is 114 Å². The molecule has 0 spiro atoms. The van der Waals surface area contributed by atoms with Gasteiger partial charge in [-0.15, -0.1) is 0 Å². The second-order valence-corrected chi connectivity index (χ2v) is 3.94.